The van der Waals surface area contributed by atoms with Crippen molar-refractivity contribution in [2.24, 2.45) is 0 Å². The van der Waals surface area contributed by atoms with E-state index in [1.807, 2.05) is 86.8 Å². The van der Waals surface area contributed by atoms with E-state index in [1.54, 1.807) is 4.57 Å². The Morgan fingerprint density at radius 3 is 2.57 bits per heavy atom. The summed E-state index contributed by atoms with van der Waals surface area (Å²) in [5.74, 6) is 0.772. The number of hydrogen-bond donors (Lipinski definition) is 3. The molecule has 0 aliphatic rings. The lowest BCUT2D eigenvalue weighted by Gasteiger charge is -2.21. The zero-order chi connectivity index (χ0) is 25.9. The molecule has 2 heterocycles. The molecule has 9 heteroatoms. The molecule has 182 valence electrons. The van der Waals surface area contributed by atoms with Gasteiger partial charge in [-0.15, -0.1) is 0 Å². The molecule has 5 aromatic rings. The lowest BCUT2D eigenvalue weighted by Crippen LogP contribution is -2.28. The molecule has 0 saturated carbocycles. The number of nitriles is 1. The number of nitrogens with one attached hydrogen (secondary N) is 2. The first kappa shape index (κ1) is 23.5. The first-order valence-electron chi connectivity index (χ1n) is 11.7. The van der Waals surface area contributed by atoms with Gasteiger partial charge in [-0.1, -0.05) is 42.5 Å². The van der Waals surface area contributed by atoms with Crippen LogP contribution in [-0.4, -0.2) is 26.6 Å². The van der Waals surface area contributed by atoms with Crippen molar-refractivity contribution in [2.45, 2.75) is 13.0 Å². The average Bonchev–Trinajstić information content (AvgIpc) is 2.93. The van der Waals surface area contributed by atoms with E-state index in [4.69, 9.17) is 10.7 Å². The van der Waals surface area contributed by atoms with Crippen LogP contribution in [0.1, 0.15) is 24.4 Å². The summed E-state index contributed by atoms with van der Waals surface area (Å²) in [6.45, 7) is 1.85. The summed E-state index contributed by atoms with van der Waals surface area (Å²) in [5, 5.41) is 16.4. The first-order chi connectivity index (χ1) is 18.0. The van der Waals surface area contributed by atoms with E-state index >= 15 is 0 Å². The van der Waals surface area contributed by atoms with E-state index < -0.39 is 6.04 Å². The Kier molecular flexibility index (Phi) is 6.22. The van der Waals surface area contributed by atoms with Crippen LogP contribution in [0, 0.1) is 11.3 Å². The fourth-order valence-electron chi connectivity index (χ4n) is 4.30. The van der Waals surface area contributed by atoms with Crippen molar-refractivity contribution in [2.75, 3.05) is 23.4 Å². The van der Waals surface area contributed by atoms with E-state index in [1.165, 1.54) is 6.20 Å². The third-order valence-electron chi connectivity index (χ3n) is 6.07. The van der Waals surface area contributed by atoms with Gasteiger partial charge in [0.15, 0.2) is 0 Å². The molecule has 0 spiro atoms. The Morgan fingerprint density at radius 1 is 1.03 bits per heavy atom. The normalized spacial score (nSPS) is 11.6. The molecule has 3 aromatic carbocycles. The molecular weight excluding hydrogens is 464 g/mol. The van der Waals surface area contributed by atoms with E-state index in [-0.39, 0.29) is 22.9 Å². The molecular formula is C28H24N8O. The predicted molar refractivity (Wildman–Crippen MR) is 146 cm³/mol. The molecule has 0 bridgehead atoms. The van der Waals surface area contributed by atoms with Gasteiger partial charge in [0.2, 0.25) is 5.95 Å². The number of hydrogen-bond acceptors (Lipinski definition) is 8. The minimum absolute atomic E-state index is 0.0362. The van der Waals surface area contributed by atoms with Crippen molar-refractivity contribution in [1.29, 1.82) is 5.26 Å². The number of nitrogens with zero attached hydrogens (tertiary/aromatic N) is 5. The summed E-state index contributed by atoms with van der Waals surface area (Å²) < 4.78 is 1.60. The van der Waals surface area contributed by atoms with Crippen LogP contribution in [-0.2, 0) is 0 Å². The number of rotatable bonds is 6. The highest BCUT2D eigenvalue weighted by molar-refractivity contribution is 5.94. The smallest absolute Gasteiger partial charge is 0.266 e. The third-order valence-corrected chi connectivity index (χ3v) is 6.07. The number of benzene rings is 3. The van der Waals surface area contributed by atoms with Gasteiger partial charge in [0.05, 0.1) is 28.8 Å². The zero-order valence-corrected chi connectivity index (χ0v) is 20.3. The third kappa shape index (κ3) is 4.44. The molecule has 0 aliphatic heterocycles. The van der Waals surface area contributed by atoms with E-state index in [0.29, 0.717) is 22.4 Å². The first-order valence-corrected chi connectivity index (χ1v) is 11.7. The summed E-state index contributed by atoms with van der Waals surface area (Å²) >= 11 is 0. The zero-order valence-electron chi connectivity index (χ0n) is 20.3. The quantitative estimate of drug-likeness (QED) is 0.318. The van der Waals surface area contributed by atoms with Gasteiger partial charge >= 0.3 is 0 Å². The Hall–Kier alpha value is -5.23. The molecule has 9 nitrogen and oxygen atoms in total. The minimum Gasteiger partial charge on any atom is -0.388 e. The van der Waals surface area contributed by atoms with E-state index in [9.17, 15) is 10.1 Å². The van der Waals surface area contributed by atoms with E-state index in [0.717, 1.165) is 16.8 Å². The molecule has 2 aromatic heterocycles. The summed E-state index contributed by atoms with van der Waals surface area (Å²) in [4.78, 5) is 27.2. The van der Waals surface area contributed by atoms with Crippen molar-refractivity contribution in [1.82, 2.24) is 19.5 Å². The fraction of sp³-hybridized carbons (Fsp3) is 0.107. The molecule has 0 saturated heterocycles. The highest BCUT2D eigenvalue weighted by Gasteiger charge is 2.21. The standard InChI is InChI=1S/C28H24N8O/c1-17(33-25-19(15-29)16-32-28(30)35-25)26-34-23-13-7-12-22(18-8-6-9-20(14-18)31-2)24(23)27(37)36(26)21-10-4-3-5-11-21/h3-14,16-17,31H,1-2H3,(H3,30,32,33,35). The van der Waals surface area contributed by atoms with Crippen molar-refractivity contribution >= 4 is 28.4 Å². The van der Waals surface area contributed by atoms with E-state index in [2.05, 4.69) is 26.7 Å². The van der Waals surface area contributed by atoms with Gasteiger partial charge in [-0.25, -0.2) is 9.97 Å². The van der Waals surface area contributed by atoms with Crippen LogP contribution in [0.15, 0.2) is 83.8 Å². The molecule has 4 N–H and O–H groups in total. The largest absolute Gasteiger partial charge is 0.388 e. The highest BCUT2D eigenvalue weighted by atomic mass is 16.1. The number of aromatic nitrogens is 4. The minimum atomic E-state index is -0.505. The number of nitrogen functional groups attached to an aromatic ring is 1. The lowest BCUT2D eigenvalue weighted by molar-refractivity contribution is 0.731. The molecule has 0 radical (unpaired) electrons. The van der Waals surface area contributed by atoms with Gasteiger partial charge in [-0.2, -0.15) is 10.2 Å². The molecule has 0 aliphatic carbocycles. The molecule has 37 heavy (non-hydrogen) atoms. The Labute approximate surface area is 213 Å². The molecule has 1 atom stereocenters. The van der Waals surface area contributed by atoms with Crippen molar-refractivity contribution in [3.8, 4) is 22.9 Å². The Bertz CT molecular complexity index is 1710. The van der Waals surface area contributed by atoms with Crippen molar-refractivity contribution < 1.29 is 0 Å². The lowest BCUT2D eigenvalue weighted by atomic mass is 10.0. The van der Waals surface area contributed by atoms with Crippen LogP contribution >= 0.6 is 0 Å². The molecule has 0 fully saturated rings. The van der Waals surface area contributed by atoms with Crippen LogP contribution in [0.5, 0.6) is 0 Å². The monoisotopic (exact) mass is 488 g/mol. The van der Waals surface area contributed by atoms with Gasteiger partial charge < -0.3 is 16.4 Å². The summed E-state index contributed by atoms with van der Waals surface area (Å²) in [7, 11) is 1.86. The summed E-state index contributed by atoms with van der Waals surface area (Å²) in [5.41, 5.74) is 9.68. The number of anilines is 3. The van der Waals surface area contributed by atoms with Gasteiger partial charge in [-0.05, 0) is 48.4 Å². The topological polar surface area (TPSA) is 135 Å². The van der Waals surface area contributed by atoms with Gasteiger partial charge in [0.1, 0.15) is 23.3 Å². The summed E-state index contributed by atoms with van der Waals surface area (Å²) in [6, 6.07) is 24.5. The average molecular weight is 489 g/mol. The highest BCUT2D eigenvalue weighted by Crippen LogP contribution is 2.30. The number of para-hydroxylation sites is 1. The van der Waals surface area contributed by atoms with Crippen molar-refractivity contribution in [3.63, 3.8) is 0 Å². The van der Waals surface area contributed by atoms with Crippen LogP contribution < -0.4 is 21.9 Å². The van der Waals surface area contributed by atoms with Crippen LogP contribution in [0.25, 0.3) is 27.7 Å². The van der Waals surface area contributed by atoms with Crippen LogP contribution in [0.2, 0.25) is 0 Å². The second kappa shape index (κ2) is 9.79. The van der Waals surface area contributed by atoms with Gasteiger partial charge in [-0.3, -0.25) is 9.36 Å². The second-order valence-electron chi connectivity index (χ2n) is 8.44. The predicted octanol–water partition coefficient (Wildman–Crippen LogP) is 4.51. The molecule has 0 amide bonds. The molecule has 1 unspecified atom stereocenters. The van der Waals surface area contributed by atoms with Crippen molar-refractivity contribution in [3.05, 3.63) is 101 Å². The maximum atomic E-state index is 14.2. The van der Waals surface area contributed by atoms with Crippen LogP contribution in [0.3, 0.4) is 0 Å². The van der Waals surface area contributed by atoms with Crippen LogP contribution in [0.4, 0.5) is 17.5 Å². The molecule has 5 rings (SSSR count). The number of fused-ring (bicyclic) bond motifs is 1. The second-order valence-corrected chi connectivity index (χ2v) is 8.44. The fourth-order valence-corrected chi connectivity index (χ4v) is 4.30. The Morgan fingerprint density at radius 2 is 1.81 bits per heavy atom. The summed E-state index contributed by atoms with van der Waals surface area (Å²) in [6.07, 6.45) is 1.36. The maximum Gasteiger partial charge on any atom is 0.266 e. The SMILES string of the molecule is CNc1cccc(-c2cccc3nc(C(C)Nc4nc(N)ncc4C#N)n(-c4ccccc4)c(=O)c23)c1. The Balaban J connectivity index is 1.74. The maximum absolute atomic E-state index is 14.2. The number of nitrogens with two attached hydrogens (primary N) is 1. The van der Waals surface area contributed by atoms with Gasteiger partial charge in [0, 0.05) is 12.7 Å². The van der Waals surface area contributed by atoms with Gasteiger partial charge in [0.25, 0.3) is 5.56 Å².